The smallest absolute Gasteiger partial charge is 0.354 e. The van der Waals surface area contributed by atoms with Gasteiger partial charge in [-0.2, -0.15) is 18.2 Å². The van der Waals surface area contributed by atoms with Crippen molar-refractivity contribution < 1.29 is 22.8 Å². The second-order valence-electron chi connectivity index (χ2n) is 16.0. The molecule has 3 aliphatic heterocycles. The van der Waals surface area contributed by atoms with Crippen molar-refractivity contribution >= 4 is 39.8 Å². The Bertz CT molecular complexity index is 2280. The molecule has 3 saturated heterocycles. The number of nitrogens with zero attached hydrogens (tertiary/aromatic N) is 6. The molecule has 5 aromatic rings. The summed E-state index contributed by atoms with van der Waals surface area (Å²) >= 11 is 0. The van der Waals surface area contributed by atoms with Crippen LogP contribution < -0.4 is 16.3 Å². The van der Waals surface area contributed by atoms with Gasteiger partial charge in [-0.15, -0.1) is 0 Å². The third-order valence-corrected chi connectivity index (χ3v) is 12.3. The highest BCUT2D eigenvalue weighted by Crippen LogP contribution is 2.34. The molecular weight excluding hydrogens is 736 g/mol. The molecule has 0 spiro atoms. The van der Waals surface area contributed by atoms with Crippen molar-refractivity contribution in [3.8, 4) is 11.1 Å². The fraction of sp³-hybridized carbons (Fsp3) is 0.500. The van der Waals surface area contributed by atoms with Crippen LogP contribution in [0.3, 0.4) is 0 Å². The summed E-state index contributed by atoms with van der Waals surface area (Å²) in [5.41, 5.74) is 6.32. The zero-order valence-electron chi connectivity index (χ0n) is 32.3. The lowest BCUT2D eigenvalue weighted by Crippen LogP contribution is -2.44. The molecule has 0 saturated carbocycles. The molecule has 57 heavy (non-hydrogen) atoms. The van der Waals surface area contributed by atoms with Crippen LogP contribution in [0.5, 0.6) is 0 Å². The Kier molecular flexibility index (Phi) is 11.2. The molecule has 0 unspecified atom stereocenters. The average molecular weight is 786 g/mol. The van der Waals surface area contributed by atoms with Gasteiger partial charge in [-0.05, 0) is 118 Å². The SMILES string of the molecule is Cn1c(=O)n([C@H]2CCC(=O)NC2=O)c2ccc(CCCN3CCC(C4CCN(Cc5ccc(-c6c[nH]c7nc(NCCC(F)(F)F)ncc67)cc5)CC4)CC3)cc21. The molecule has 0 radical (unpaired) electrons. The number of likely N-dealkylation sites (tertiary alicyclic amines) is 2. The summed E-state index contributed by atoms with van der Waals surface area (Å²) < 4.78 is 40.6. The van der Waals surface area contributed by atoms with Crippen molar-refractivity contribution in [2.24, 2.45) is 18.9 Å². The monoisotopic (exact) mass is 785 g/mol. The predicted octanol–water partition coefficient (Wildman–Crippen LogP) is 6.18. The van der Waals surface area contributed by atoms with Crippen LogP contribution in [0.25, 0.3) is 33.2 Å². The minimum atomic E-state index is -4.23. The van der Waals surface area contributed by atoms with Crippen LogP contribution in [0.1, 0.15) is 68.5 Å². The Morgan fingerprint density at radius 3 is 2.28 bits per heavy atom. The Labute approximate surface area is 328 Å². The first kappa shape index (κ1) is 38.8. The number of nitrogens with one attached hydrogen (secondary N) is 3. The highest BCUT2D eigenvalue weighted by molar-refractivity contribution is 6.00. The quantitative estimate of drug-likeness (QED) is 0.128. The van der Waals surface area contributed by atoms with Crippen molar-refractivity contribution in [1.82, 2.24) is 39.2 Å². The number of hydrogen-bond donors (Lipinski definition) is 3. The third kappa shape index (κ3) is 8.79. The standard InChI is InChI=1S/C42H50F3N9O3/c1-51-36-23-27(6-9-34(36)54(41(51)57)35-10-11-37(55)49-39(35)56)3-2-18-52-19-12-29(13-20-52)30-14-21-53(22-15-30)26-28-4-7-31(8-5-28)32-24-47-38-33(32)25-48-40(50-38)46-17-16-42(43,44)45/h4-9,23-25,29-30,35H,2-3,10-22,26H2,1H3,(H,49,55,56)(H2,46,47,48,50)/t35-/m0/s1. The molecule has 12 nitrogen and oxygen atoms in total. The summed E-state index contributed by atoms with van der Waals surface area (Å²) in [6.07, 6.45) is 5.85. The number of fused-ring (bicyclic) bond motifs is 2. The van der Waals surface area contributed by atoms with E-state index in [-0.39, 0.29) is 30.5 Å². The molecule has 2 aromatic carbocycles. The molecule has 2 amide bonds. The number of anilines is 1. The second kappa shape index (κ2) is 16.5. The maximum atomic E-state index is 13.1. The van der Waals surface area contributed by atoms with Gasteiger partial charge in [0.15, 0.2) is 0 Å². The largest absolute Gasteiger partial charge is 0.390 e. The Morgan fingerprint density at radius 2 is 1.58 bits per heavy atom. The number of rotatable bonds is 12. The topological polar surface area (TPSA) is 133 Å². The molecule has 302 valence electrons. The molecule has 3 fully saturated rings. The summed E-state index contributed by atoms with van der Waals surface area (Å²) in [5.74, 6) is 1.03. The van der Waals surface area contributed by atoms with Crippen LogP contribution in [0.2, 0.25) is 0 Å². The summed E-state index contributed by atoms with van der Waals surface area (Å²) in [6, 6.07) is 14.0. The molecule has 6 heterocycles. The number of piperidine rings is 3. The lowest BCUT2D eigenvalue weighted by Gasteiger charge is -2.40. The summed E-state index contributed by atoms with van der Waals surface area (Å²) in [7, 11) is 1.74. The van der Waals surface area contributed by atoms with Gasteiger partial charge in [-0.3, -0.25) is 28.9 Å². The number of aromatic nitrogens is 5. The van der Waals surface area contributed by atoms with E-state index in [1.165, 1.54) is 41.4 Å². The Hall–Kier alpha value is -5.02. The number of H-pyrrole nitrogens is 1. The van der Waals surface area contributed by atoms with Gasteiger partial charge >= 0.3 is 11.9 Å². The number of carbonyl (C=O) groups excluding carboxylic acids is 2. The zero-order valence-corrected chi connectivity index (χ0v) is 32.3. The molecule has 0 aliphatic carbocycles. The first-order chi connectivity index (χ1) is 27.5. The minimum Gasteiger partial charge on any atom is -0.354 e. The first-order valence-electron chi connectivity index (χ1n) is 20.2. The lowest BCUT2D eigenvalue weighted by molar-refractivity contribution is -0.136. The van der Waals surface area contributed by atoms with Gasteiger partial charge in [0.2, 0.25) is 17.8 Å². The number of aromatic amines is 1. The third-order valence-electron chi connectivity index (χ3n) is 12.3. The van der Waals surface area contributed by atoms with Crippen molar-refractivity contribution in [2.75, 3.05) is 44.6 Å². The lowest BCUT2D eigenvalue weighted by atomic mass is 9.78. The molecular formula is C42H50F3N9O3. The Morgan fingerprint density at radius 1 is 0.877 bits per heavy atom. The van der Waals surface area contributed by atoms with E-state index < -0.39 is 24.5 Å². The van der Waals surface area contributed by atoms with Gasteiger partial charge in [0.1, 0.15) is 11.7 Å². The normalized spacial score (nSPS) is 19.5. The van der Waals surface area contributed by atoms with Gasteiger partial charge < -0.3 is 15.2 Å². The number of halogens is 3. The molecule has 8 rings (SSSR count). The van der Waals surface area contributed by atoms with Gasteiger partial charge in [0.25, 0.3) is 0 Å². The van der Waals surface area contributed by atoms with Crippen LogP contribution >= 0.6 is 0 Å². The number of alkyl halides is 3. The maximum Gasteiger partial charge on any atom is 0.390 e. The first-order valence-corrected chi connectivity index (χ1v) is 20.2. The summed E-state index contributed by atoms with van der Waals surface area (Å²) in [6.45, 7) is 6.20. The zero-order chi connectivity index (χ0) is 39.7. The van der Waals surface area contributed by atoms with E-state index >= 15 is 0 Å². The number of amides is 2. The van der Waals surface area contributed by atoms with Crippen molar-refractivity contribution in [2.45, 2.75) is 76.6 Å². The Balaban J connectivity index is 0.761. The van der Waals surface area contributed by atoms with E-state index in [0.717, 1.165) is 91.5 Å². The van der Waals surface area contributed by atoms with Crippen molar-refractivity contribution in [1.29, 1.82) is 0 Å². The number of imide groups is 1. The minimum absolute atomic E-state index is 0.169. The van der Waals surface area contributed by atoms with E-state index in [1.54, 1.807) is 17.8 Å². The molecule has 3 aromatic heterocycles. The highest BCUT2D eigenvalue weighted by Gasteiger charge is 2.32. The average Bonchev–Trinajstić information content (AvgIpc) is 3.72. The molecule has 15 heteroatoms. The van der Waals surface area contributed by atoms with Crippen LogP contribution in [0, 0.1) is 11.8 Å². The van der Waals surface area contributed by atoms with E-state index in [1.807, 2.05) is 12.3 Å². The number of benzene rings is 2. The van der Waals surface area contributed by atoms with Gasteiger partial charge in [-0.1, -0.05) is 30.3 Å². The van der Waals surface area contributed by atoms with E-state index in [9.17, 15) is 27.6 Å². The summed E-state index contributed by atoms with van der Waals surface area (Å²) in [4.78, 5) is 54.2. The van der Waals surface area contributed by atoms with E-state index in [2.05, 4.69) is 71.8 Å². The molecule has 0 bridgehead atoms. The number of aryl methyl sites for hydroxylation is 2. The van der Waals surface area contributed by atoms with Crippen LogP contribution in [0.4, 0.5) is 19.1 Å². The van der Waals surface area contributed by atoms with Gasteiger partial charge in [0, 0.05) is 49.9 Å². The maximum absolute atomic E-state index is 13.1. The predicted molar refractivity (Wildman–Crippen MR) is 213 cm³/mol. The fourth-order valence-electron chi connectivity index (χ4n) is 9.13. The van der Waals surface area contributed by atoms with E-state index in [4.69, 9.17) is 0 Å². The van der Waals surface area contributed by atoms with E-state index in [0.29, 0.717) is 12.1 Å². The van der Waals surface area contributed by atoms with Gasteiger partial charge in [-0.25, -0.2) is 9.78 Å². The van der Waals surface area contributed by atoms with Crippen LogP contribution in [0.15, 0.2) is 59.7 Å². The molecule has 3 N–H and O–H groups in total. The fourth-order valence-corrected chi connectivity index (χ4v) is 9.13. The number of hydrogen-bond acceptors (Lipinski definition) is 8. The number of carbonyl (C=O) groups is 2. The van der Waals surface area contributed by atoms with Gasteiger partial charge in [0.05, 0.1) is 17.5 Å². The highest BCUT2D eigenvalue weighted by atomic mass is 19.4. The summed E-state index contributed by atoms with van der Waals surface area (Å²) in [5, 5.41) is 5.84. The van der Waals surface area contributed by atoms with Crippen molar-refractivity contribution in [3.05, 3.63) is 76.5 Å². The number of imidazole rings is 1. The molecule has 3 aliphatic rings. The second-order valence-corrected chi connectivity index (χ2v) is 16.0. The van der Waals surface area contributed by atoms with Crippen LogP contribution in [-0.2, 0) is 29.6 Å². The van der Waals surface area contributed by atoms with Crippen LogP contribution in [-0.4, -0.2) is 91.1 Å². The van der Waals surface area contributed by atoms with Crippen molar-refractivity contribution in [3.63, 3.8) is 0 Å². The molecule has 1 atom stereocenters.